The number of rotatable bonds is 8. The number of nitrogens with two attached hydrogens (primary N) is 1. The number of anilines is 1. The molecule has 0 radical (unpaired) electrons. The maximum absolute atomic E-state index is 5.75. The first-order valence-electron chi connectivity index (χ1n) is 7.28. The van der Waals surface area contributed by atoms with Crippen LogP contribution in [0.2, 0.25) is 0 Å². The van der Waals surface area contributed by atoms with Crippen molar-refractivity contribution >= 4 is 5.69 Å². The van der Waals surface area contributed by atoms with Gasteiger partial charge in [-0.25, -0.2) is 0 Å². The Morgan fingerprint density at radius 1 is 1.00 bits per heavy atom. The monoisotopic (exact) mass is 248 g/mol. The van der Waals surface area contributed by atoms with Crippen LogP contribution >= 0.6 is 0 Å². The zero-order chi connectivity index (χ0) is 13.4. The third-order valence-corrected chi connectivity index (χ3v) is 3.56. The molecule has 18 heavy (non-hydrogen) atoms. The fraction of sp³-hybridized carbons (Fsp3) is 0.625. The van der Waals surface area contributed by atoms with E-state index in [1.165, 1.54) is 44.3 Å². The van der Waals surface area contributed by atoms with Gasteiger partial charge in [-0.15, -0.1) is 0 Å². The second-order valence-corrected chi connectivity index (χ2v) is 5.09. The quantitative estimate of drug-likeness (QED) is 0.697. The first kappa shape index (κ1) is 15.0. The van der Waals surface area contributed by atoms with E-state index in [2.05, 4.69) is 37.8 Å². The van der Waals surface area contributed by atoms with E-state index in [1.54, 1.807) is 0 Å². The van der Waals surface area contributed by atoms with Gasteiger partial charge in [-0.3, -0.25) is 4.90 Å². The highest BCUT2D eigenvalue weighted by Gasteiger charge is 2.14. The van der Waals surface area contributed by atoms with Crippen LogP contribution in [0.4, 0.5) is 5.69 Å². The maximum atomic E-state index is 5.75. The summed E-state index contributed by atoms with van der Waals surface area (Å²) >= 11 is 0. The predicted molar refractivity (Wildman–Crippen MR) is 80.7 cm³/mol. The Bertz CT molecular complexity index is 310. The van der Waals surface area contributed by atoms with Crippen LogP contribution < -0.4 is 5.73 Å². The van der Waals surface area contributed by atoms with Gasteiger partial charge in [-0.1, -0.05) is 38.8 Å². The van der Waals surface area contributed by atoms with E-state index in [9.17, 15) is 0 Å². The van der Waals surface area contributed by atoms with Crippen molar-refractivity contribution in [2.45, 2.75) is 52.5 Å². The Labute approximate surface area is 112 Å². The molecular weight excluding hydrogens is 220 g/mol. The third kappa shape index (κ3) is 4.69. The normalized spacial score (nSPS) is 12.9. The minimum atomic E-state index is 0.490. The van der Waals surface area contributed by atoms with Crippen LogP contribution in [0.15, 0.2) is 24.3 Å². The van der Waals surface area contributed by atoms with Gasteiger partial charge < -0.3 is 5.73 Å². The first-order chi connectivity index (χ1) is 8.69. The Morgan fingerprint density at radius 3 is 1.94 bits per heavy atom. The first-order valence-corrected chi connectivity index (χ1v) is 7.28. The minimum absolute atomic E-state index is 0.490. The van der Waals surface area contributed by atoms with Crippen LogP contribution in [0, 0.1) is 0 Å². The molecule has 1 rings (SSSR count). The fourth-order valence-electron chi connectivity index (χ4n) is 2.21. The summed E-state index contributed by atoms with van der Waals surface area (Å²) in [5.74, 6) is 0. The molecule has 0 aliphatic carbocycles. The van der Waals surface area contributed by atoms with Crippen molar-refractivity contribution in [3.63, 3.8) is 0 Å². The van der Waals surface area contributed by atoms with Crippen molar-refractivity contribution in [2.75, 3.05) is 18.8 Å². The highest BCUT2D eigenvalue weighted by atomic mass is 15.1. The molecule has 0 spiro atoms. The molecule has 102 valence electrons. The van der Waals surface area contributed by atoms with Gasteiger partial charge in [0.15, 0.2) is 0 Å². The van der Waals surface area contributed by atoms with Crippen LogP contribution in [-0.4, -0.2) is 18.0 Å². The van der Waals surface area contributed by atoms with E-state index in [4.69, 9.17) is 5.73 Å². The molecule has 0 amide bonds. The lowest BCUT2D eigenvalue weighted by Gasteiger charge is -2.29. The molecule has 2 heteroatoms. The molecule has 0 bridgehead atoms. The number of unbranched alkanes of at least 4 members (excludes halogenated alkanes) is 2. The Morgan fingerprint density at radius 2 is 1.50 bits per heavy atom. The lowest BCUT2D eigenvalue weighted by molar-refractivity contribution is 0.204. The molecule has 0 saturated heterocycles. The van der Waals surface area contributed by atoms with Crippen molar-refractivity contribution in [2.24, 2.45) is 0 Å². The molecule has 0 aliphatic rings. The second kappa shape index (κ2) is 8.15. The van der Waals surface area contributed by atoms with E-state index in [1.807, 2.05) is 12.1 Å². The number of hydrogen-bond acceptors (Lipinski definition) is 2. The smallest absolute Gasteiger partial charge is 0.0319 e. The van der Waals surface area contributed by atoms with Crippen LogP contribution in [-0.2, 0) is 0 Å². The molecule has 2 N–H and O–H groups in total. The van der Waals surface area contributed by atoms with Gasteiger partial charge in [0.1, 0.15) is 0 Å². The van der Waals surface area contributed by atoms with Gasteiger partial charge in [-0.2, -0.15) is 0 Å². The van der Waals surface area contributed by atoms with Crippen LogP contribution in [0.25, 0.3) is 0 Å². The highest BCUT2D eigenvalue weighted by Crippen LogP contribution is 2.22. The topological polar surface area (TPSA) is 29.3 Å². The van der Waals surface area contributed by atoms with Crippen molar-refractivity contribution in [3.8, 4) is 0 Å². The van der Waals surface area contributed by atoms with Crippen molar-refractivity contribution < 1.29 is 0 Å². The molecular formula is C16H28N2. The summed E-state index contributed by atoms with van der Waals surface area (Å²) in [5, 5.41) is 0. The molecule has 1 atom stereocenters. The van der Waals surface area contributed by atoms with Gasteiger partial charge in [0.05, 0.1) is 0 Å². The molecule has 1 aromatic rings. The standard InChI is InChI=1S/C16H28N2/c1-4-6-12-18(13-7-5-2)14(3)15-8-10-16(17)11-9-15/h8-11,14H,4-7,12-13,17H2,1-3H3. The average molecular weight is 248 g/mol. The SMILES string of the molecule is CCCCN(CCCC)C(C)c1ccc(N)cc1. The highest BCUT2D eigenvalue weighted by molar-refractivity contribution is 5.40. The molecule has 0 saturated carbocycles. The van der Waals surface area contributed by atoms with Crippen molar-refractivity contribution in [1.82, 2.24) is 4.90 Å². The molecule has 0 aromatic heterocycles. The zero-order valence-electron chi connectivity index (χ0n) is 12.2. The largest absolute Gasteiger partial charge is 0.399 e. The van der Waals surface area contributed by atoms with E-state index in [0.717, 1.165) is 5.69 Å². The van der Waals surface area contributed by atoms with Crippen LogP contribution in [0.5, 0.6) is 0 Å². The maximum Gasteiger partial charge on any atom is 0.0319 e. The van der Waals surface area contributed by atoms with Crippen molar-refractivity contribution in [1.29, 1.82) is 0 Å². The summed E-state index contributed by atoms with van der Waals surface area (Å²) in [7, 11) is 0. The molecule has 0 heterocycles. The Hall–Kier alpha value is -1.02. The minimum Gasteiger partial charge on any atom is -0.399 e. The Kier molecular flexibility index (Phi) is 6.81. The lowest BCUT2D eigenvalue weighted by Crippen LogP contribution is -2.29. The number of hydrogen-bond donors (Lipinski definition) is 1. The fourth-order valence-corrected chi connectivity index (χ4v) is 2.21. The van der Waals surface area contributed by atoms with Gasteiger partial charge in [-0.05, 0) is 50.6 Å². The molecule has 0 aliphatic heterocycles. The summed E-state index contributed by atoms with van der Waals surface area (Å²) in [6, 6.07) is 8.81. The van der Waals surface area contributed by atoms with E-state index in [-0.39, 0.29) is 0 Å². The van der Waals surface area contributed by atoms with Gasteiger partial charge >= 0.3 is 0 Å². The third-order valence-electron chi connectivity index (χ3n) is 3.56. The zero-order valence-corrected chi connectivity index (χ0v) is 12.2. The average Bonchev–Trinajstić information content (AvgIpc) is 2.39. The van der Waals surface area contributed by atoms with Gasteiger partial charge in [0.25, 0.3) is 0 Å². The molecule has 1 aromatic carbocycles. The molecule has 2 nitrogen and oxygen atoms in total. The second-order valence-electron chi connectivity index (χ2n) is 5.09. The van der Waals surface area contributed by atoms with Crippen molar-refractivity contribution in [3.05, 3.63) is 29.8 Å². The van der Waals surface area contributed by atoms with Crippen LogP contribution in [0.1, 0.15) is 58.1 Å². The summed E-state index contributed by atoms with van der Waals surface area (Å²) in [5.41, 5.74) is 7.97. The number of benzene rings is 1. The summed E-state index contributed by atoms with van der Waals surface area (Å²) in [4.78, 5) is 2.60. The van der Waals surface area contributed by atoms with Gasteiger partial charge in [0, 0.05) is 11.7 Å². The summed E-state index contributed by atoms with van der Waals surface area (Å²) < 4.78 is 0. The lowest BCUT2D eigenvalue weighted by atomic mass is 10.1. The Balaban J connectivity index is 2.66. The molecule has 1 unspecified atom stereocenters. The summed E-state index contributed by atoms with van der Waals surface area (Å²) in [6.45, 7) is 9.21. The number of nitrogen functional groups attached to an aromatic ring is 1. The summed E-state index contributed by atoms with van der Waals surface area (Å²) in [6.07, 6.45) is 5.08. The number of nitrogens with zero attached hydrogens (tertiary/aromatic N) is 1. The predicted octanol–water partition coefficient (Wildman–Crippen LogP) is 4.23. The van der Waals surface area contributed by atoms with E-state index in [0.29, 0.717) is 6.04 Å². The van der Waals surface area contributed by atoms with E-state index < -0.39 is 0 Å². The van der Waals surface area contributed by atoms with E-state index >= 15 is 0 Å². The van der Waals surface area contributed by atoms with Crippen LogP contribution in [0.3, 0.4) is 0 Å². The molecule has 0 fully saturated rings. The van der Waals surface area contributed by atoms with Gasteiger partial charge in [0.2, 0.25) is 0 Å².